The predicted octanol–water partition coefficient (Wildman–Crippen LogP) is 4.43. The Balaban J connectivity index is 2.82. The van der Waals surface area contributed by atoms with Crippen LogP contribution in [-0.2, 0) is 5.88 Å². The van der Waals surface area contributed by atoms with Crippen LogP contribution < -0.4 is 0 Å². The van der Waals surface area contributed by atoms with Crippen molar-refractivity contribution in [3.05, 3.63) is 33.9 Å². The Morgan fingerprint density at radius 3 is 2.85 bits per heavy atom. The zero-order chi connectivity index (χ0) is 9.42. The third-order valence-electron chi connectivity index (χ3n) is 1.84. The number of thiophene rings is 1. The van der Waals surface area contributed by atoms with E-state index >= 15 is 0 Å². The summed E-state index contributed by atoms with van der Waals surface area (Å²) in [5.74, 6) is 0.316. The van der Waals surface area contributed by atoms with E-state index in [1.807, 2.05) is 0 Å². The largest absolute Gasteiger partial charge is 0.195 e. The molecule has 0 aliphatic carbocycles. The van der Waals surface area contributed by atoms with E-state index in [2.05, 4.69) is 0 Å². The highest BCUT2D eigenvalue weighted by molar-refractivity contribution is 7.17. The molecule has 1 heterocycles. The van der Waals surface area contributed by atoms with Crippen LogP contribution in [0.25, 0.3) is 10.1 Å². The van der Waals surface area contributed by atoms with E-state index in [1.54, 1.807) is 12.1 Å². The molecule has 1 aromatic carbocycles. The first-order valence-corrected chi connectivity index (χ1v) is 5.37. The second kappa shape index (κ2) is 3.45. The second-order valence-electron chi connectivity index (χ2n) is 2.63. The van der Waals surface area contributed by atoms with Gasteiger partial charge in [-0.15, -0.1) is 22.9 Å². The summed E-state index contributed by atoms with van der Waals surface area (Å²) in [4.78, 5) is 0. The number of hydrogen-bond acceptors (Lipinski definition) is 1. The summed E-state index contributed by atoms with van der Waals surface area (Å²) in [5.41, 5.74) is 0.815. The Kier molecular flexibility index (Phi) is 2.45. The van der Waals surface area contributed by atoms with Crippen LogP contribution in [0, 0.1) is 5.13 Å². The average molecular weight is 235 g/mol. The first-order valence-electron chi connectivity index (χ1n) is 3.65. The van der Waals surface area contributed by atoms with E-state index in [9.17, 15) is 4.39 Å². The molecule has 0 saturated heterocycles. The van der Waals surface area contributed by atoms with E-state index in [0.29, 0.717) is 10.9 Å². The van der Waals surface area contributed by atoms with Crippen LogP contribution in [0.3, 0.4) is 0 Å². The normalized spacial score (nSPS) is 11.0. The molecule has 13 heavy (non-hydrogen) atoms. The molecule has 2 rings (SSSR count). The van der Waals surface area contributed by atoms with Gasteiger partial charge in [0, 0.05) is 15.3 Å². The smallest absolute Gasteiger partial charge is 0.177 e. The summed E-state index contributed by atoms with van der Waals surface area (Å²) in [5, 5.41) is 1.26. The zero-order valence-electron chi connectivity index (χ0n) is 6.48. The Bertz CT molecular complexity index is 450. The minimum absolute atomic E-state index is 0.205. The standard InChI is InChI=1S/C9H5Cl2FS/c10-4-6-7(11)2-1-5-3-8(12)13-9(5)6/h1-3H,4H2. The van der Waals surface area contributed by atoms with Crippen LogP contribution in [0.5, 0.6) is 0 Å². The molecule has 0 fully saturated rings. The van der Waals surface area contributed by atoms with E-state index in [4.69, 9.17) is 23.2 Å². The Morgan fingerprint density at radius 2 is 2.15 bits per heavy atom. The van der Waals surface area contributed by atoms with Gasteiger partial charge in [-0.25, -0.2) is 0 Å². The monoisotopic (exact) mass is 234 g/mol. The molecule has 0 N–H and O–H groups in total. The van der Waals surface area contributed by atoms with Gasteiger partial charge in [-0.2, -0.15) is 4.39 Å². The summed E-state index contributed by atoms with van der Waals surface area (Å²) in [7, 11) is 0. The van der Waals surface area contributed by atoms with Gasteiger partial charge < -0.3 is 0 Å². The van der Waals surface area contributed by atoms with Crippen molar-refractivity contribution in [3.8, 4) is 0 Å². The van der Waals surface area contributed by atoms with Gasteiger partial charge in [-0.05, 0) is 17.5 Å². The molecule has 0 radical (unpaired) electrons. The van der Waals surface area contributed by atoms with Crippen molar-refractivity contribution < 1.29 is 4.39 Å². The molecule has 0 bridgehead atoms. The van der Waals surface area contributed by atoms with Gasteiger partial charge in [0.15, 0.2) is 5.13 Å². The molecule has 0 atom stereocenters. The van der Waals surface area contributed by atoms with E-state index in [1.165, 1.54) is 6.07 Å². The first-order chi connectivity index (χ1) is 6.22. The van der Waals surface area contributed by atoms with Crippen molar-refractivity contribution in [1.29, 1.82) is 0 Å². The first kappa shape index (κ1) is 9.25. The highest BCUT2D eigenvalue weighted by atomic mass is 35.5. The third kappa shape index (κ3) is 1.54. The maximum absolute atomic E-state index is 12.9. The Labute approximate surface area is 88.9 Å². The van der Waals surface area contributed by atoms with Crippen LogP contribution in [0.4, 0.5) is 4.39 Å². The maximum atomic E-state index is 12.9. The molecule has 4 heteroatoms. The fourth-order valence-corrected chi connectivity index (χ4v) is 2.87. The molecule has 0 aliphatic rings. The fraction of sp³-hybridized carbons (Fsp3) is 0.111. The minimum Gasteiger partial charge on any atom is -0.195 e. The summed E-state index contributed by atoms with van der Waals surface area (Å²) in [6.07, 6.45) is 0. The molecule has 0 spiro atoms. The molecule has 0 amide bonds. The van der Waals surface area contributed by atoms with Gasteiger partial charge in [-0.1, -0.05) is 17.7 Å². The van der Waals surface area contributed by atoms with E-state index in [-0.39, 0.29) is 5.13 Å². The van der Waals surface area contributed by atoms with Crippen molar-refractivity contribution >= 4 is 44.6 Å². The molecule has 0 aliphatic heterocycles. The fourth-order valence-electron chi connectivity index (χ4n) is 1.23. The van der Waals surface area contributed by atoms with Crippen molar-refractivity contribution in [1.82, 2.24) is 0 Å². The van der Waals surface area contributed by atoms with E-state index < -0.39 is 0 Å². The molecule has 0 nitrogen and oxygen atoms in total. The number of alkyl halides is 1. The van der Waals surface area contributed by atoms with Gasteiger partial charge in [0.2, 0.25) is 0 Å². The average Bonchev–Trinajstić information content (AvgIpc) is 2.45. The van der Waals surface area contributed by atoms with Gasteiger partial charge >= 0.3 is 0 Å². The van der Waals surface area contributed by atoms with Gasteiger partial charge in [0.1, 0.15) is 0 Å². The van der Waals surface area contributed by atoms with Gasteiger partial charge in [0.25, 0.3) is 0 Å². The van der Waals surface area contributed by atoms with Crippen molar-refractivity contribution in [2.45, 2.75) is 5.88 Å². The van der Waals surface area contributed by atoms with Crippen LogP contribution in [0.1, 0.15) is 5.56 Å². The summed E-state index contributed by atoms with van der Waals surface area (Å²) >= 11 is 12.7. The SMILES string of the molecule is Fc1cc2ccc(Cl)c(CCl)c2s1. The van der Waals surface area contributed by atoms with E-state index in [0.717, 1.165) is 27.0 Å². The van der Waals surface area contributed by atoms with Gasteiger partial charge in [-0.3, -0.25) is 0 Å². The number of rotatable bonds is 1. The molecule has 2 aromatic rings. The minimum atomic E-state index is -0.205. The van der Waals surface area contributed by atoms with Crippen LogP contribution >= 0.6 is 34.5 Å². The lowest BCUT2D eigenvalue weighted by atomic mass is 10.2. The number of benzene rings is 1. The third-order valence-corrected chi connectivity index (χ3v) is 3.46. The van der Waals surface area contributed by atoms with Crippen molar-refractivity contribution in [2.24, 2.45) is 0 Å². The number of halogens is 3. The Morgan fingerprint density at radius 1 is 1.38 bits per heavy atom. The summed E-state index contributed by atoms with van der Waals surface area (Å²) in [6.45, 7) is 0. The lowest BCUT2D eigenvalue weighted by Gasteiger charge is -1.99. The topological polar surface area (TPSA) is 0 Å². The second-order valence-corrected chi connectivity index (χ2v) is 4.31. The zero-order valence-corrected chi connectivity index (χ0v) is 8.81. The molecule has 68 valence electrons. The Hall–Kier alpha value is -0.310. The highest BCUT2D eigenvalue weighted by Crippen LogP contribution is 2.33. The quantitative estimate of drug-likeness (QED) is 0.641. The lowest BCUT2D eigenvalue weighted by Crippen LogP contribution is -1.79. The molecule has 1 aromatic heterocycles. The lowest BCUT2D eigenvalue weighted by molar-refractivity contribution is 0.658. The molecular formula is C9H5Cl2FS. The molecule has 0 unspecified atom stereocenters. The van der Waals surface area contributed by atoms with Crippen molar-refractivity contribution in [3.63, 3.8) is 0 Å². The summed E-state index contributed by atoms with van der Waals surface area (Å²) < 4.78 is 13.7. The van der Waals surface area contributed by atoms with Crippen LogP contribution in [0.15, 0.2) is 18.2 Å². The predicted molar refractivity (Wildman–Crippen MR) is 56.4 cm³/mol. The summed E-state index contributed by atoms with van der Waals surface area (Å²) in [6, 6.07) is 5.04. The molecular weight excluding hydrogens is 230 g/mol. The number of hydrogen-bond donors (Lipinski definition) is 0. The van der Waals surface area contributed by atoms with Crippen LogP contribution in [0.2, 0.25) is 5.02 Å². The molecule has 0 saturated carbocycles. The van der Waals surface area contributed by atoms with Gasteiger partial charge in [0.05, 0.1) is 5.88 Å². The highest BCUT2D eigenvalue weighted by Gasteiger charge is 2.08. The maximum Gasteiger partial charge on any atom is 0.177 e. The van der Waals surface area contributed by atoms with Crippen LogP contribution in [-0.4, -0.2) is 0 Å². The van der Waals surface area contributed by atoms with Crippen molar-refractivity contribution in [2.75, 3.05) is 0 Å². The number of fused-ring (bicyclic) bond motifs is 1.